The summed E-state index contributed by atoms with van der Waals surface area (Å²) in [5, 5.41) is 7.62. The van der Waals surface area contributed by atoms with Gasteiger partial charge in [-0.2, -0.15) is 0 Å². The van der Waals surface area contributed by atoms with Crippen LogP contribution in [0.1, 0.15) is 52.6 Å². The van der Waals surface area contributed by atoms with Gasteiger partial charge < -0.3 is 20.8 Å². The highest BCUT2D eigenvalue weighted by molar-refractivity contribution is 5.61. The summed E-state index contributed by atoms with van der Waals surface area (Å²) in [4.78, 5) is 0. The molecular weight excluding hydrogens is 372 g/mol. The highest BCUT2D eigenvalue weighted by atomic mass is 16.5. The van der Waals surface area contributed by atoms with Crippen LogP contribution in [0.15, 0.2) is 59.8 Å². The lowest BCUT2D eigenvalue weighted by molar-refractivity contribution is 0.269. The molecule has 164 valence electrons. The van der Waals surface area contributed by atoms with E-state index in [0.717, 1.165) is 24.4 Å². The van der Waals surface area contributed by atoms with Crippen LogP contribution in [0.3, 0.4) is 0 Å². The molecule has 1 saturated carbocycles. The summed E-state index contributed by atoms with van der Waals surface area (Å²) in [6.07, 6.45) is 9.71. The molecule has 30 heavy (non-hydrogen) atoms. The van der Waals surface area contributed by atoms with E-state index >= 15 is 0 Å². The van der Waals surface area contributed by atoms with Gasteiger partial charge in [-0.1, -0.05) is 51.1 Å². The molecule has 0 aromatic heterocycles. The minimum atomic E-state index is -0.0363. The Balaban J connectivity index is 1.90. The number of benzene rings is 1. The van der Waals surface area contributed by atoms with E-state index in [1.807, 2.05) is 6.07 Å². The van der Waals surface area contributed by atoms with Gasteiger partial charge in [0.05, 0.1) is 7.11 Å². The SMILES string of the molecule is C/C=C\C[C@@H](NC(CNC(C)C)c1cccc(OC)c1)[C@]1(C)C2=CC=C(NN)[C@]21C. The lowest BCUT2D eigenvalue weighted by Gasteiger charge is -2.34. The van der Waals surface area contributed by atoms with Crippen LogP contribution in [0.25, 0.3) is 0 Å². The van der Waals surface area contributed by atoms with Crippen molar-refractivity contribution in [3.05, 3.63) is 65.4 Å². The maximum Gasteiger partial charge on any atom is 0.119 e. The highest BCUT2D eigenvalue weighted by Gasteiger charge is 2.72. The van der Waals surface area contributed by atoms with Gasteiger partial charge in [0.2, 0.25) is 0 Å². The van der Waals surface area contributed by atoms with Gasteiger partial charge in [0.15, 0.2) is 0 Å². The van der Waals surface area contributed by atoms with Gasteiger partial charge in [0.25, 0.3) is 0 Å². The van der Waals surface area contributed by atoms with Crippen LogP contribution < -0.4 is 26.6 Å². The van der Waals surface area contributed by atoms with E-state index in [1.165, 1.54) is 11.1 Å². The molecule has 4 atom stereocenters. The third-order valence-electron chi connectivity index (χ3n) is 7.12. The second kappa shape index (κ2) is 8.96. The van der Waals surface area contributed by atoms with Crippen molar-refractivity contribution in [2.75, 3.05) is 13.7 Å². The van der Waals surface area contributed by atoms with E-state index < -0.39 is 0 Å². The molecular formula is C25H38N4O. The fraction of sp³-hybridized carbons (Fsp3) is 0.520. The molecule has 0 aliphatic heterocycles. The summed E-state index contributed by atoms with van der Waals surface area (Å²) in [6.45, 7) is 12.0. The van der Waals surface area contributed by atoms with Crippen molar-refractivity contribution >= 4 is 0 Å². The lowest BCUT2D eigenvalue weighted by atomic mass is 9.83. The molecule has 0 bridgehead atoms. The summed E-state index contributed by atoms with van der Waals surface area (Å²) in [7, 11) is 1.72. The molecule has 0 saturated heterocycles. The minimum Gasteiger partial charge on any atom is -0.497 e. The van der Waals surface area contributed by atoms with Crippen LogP contribution in [0.4, 0.5) is 0 Å². The van der Waals surface area contributed by atoms with Crippen LogP contribution in [-0.4, -0.2) is 25.7 Å². The molecule has 2 aliphatic rings. The van der Waals surface area contributed by atoms with E-state index in [9.17, 15) is 0 Å². The van der Waals surface area contributed by atoms with Crippen molar-refractivity contribution in [2.45, 2.75) is 59.2 Å². The average molecular weight is 411 g/mol. The van der Waals surface area contributed by atoms with Gasteiger partial charge >= 0.3 is 0 Å². The zero-order chi connectivity index (χ0) is 21.9. The average Bonchev–Trinajstić information content (AvgIpc) is 3.03. The van der Waals surface area contributed by atoms with E-state index in [4.69, 9.17) is 10.6 Å². The summed E-state index contributed by atoms with van der Waals surface area (Å²) in [6, 6.07) is 9.23. The van der Waals surface area contributed by atoms with Crippen LogP contribution in [-0.2, 0) is 0 Å². The summed E-state index contributed by atoms with van der Waals surface area (Å²) >= 11 is 0. The molecule has 1 aromatic carbocycles. The molecule has 3 rings (SSSR count). The van der Waals surface area contributed by atoms with Crippen molar-refractivity contribution in [3.8, 4) is 5.75 Å². The summed E-state index contributed by atoms with van der Waals surface area (Å²) < 4.78 is 5.49. The van der Waals surface area contributed by atoms with Crippen LogP contribution in [0.5, 0.6) is 5.75 Å². The fourth-order valence-corrected chi connectivity index (χ4v) is 5.04. The fourth-order valence-electron chi connectivity index (χ4n) is 5.04. The Labute approximate surface area is 181 Å². The Morgan fingerprint density at radius 3 is 2.60 bits per heavy atom. The van der Waals surface area contributed by atoms with E-state index in [2.05, 4.69) is 93.2 Å². The Kier molecular flexibility index (Phi) is 6.75. The van der Waals surface area contributed by atoms with Gasteiger partial charge in [0.1, 0.15) is 5.75 Å². The first-order chi connectivity index (χ1) is 14.3. The minimum absolute atomic E-state index is 0.0118. The maximum atomic E-state index is 5.85. The number of allylic oxidation sites excluding steroid dienone is 4. The number of ether oxygens (including phenoxy) is 1. The summed E-state index contributed by atoms with van der Waals surface area (Å²) in [5.41, 5.74) is 6.70. The third kappa shape index (κ3) is 3.82. The third-order valence-corrected chi connectivity index (χ3v) is 7.12. The predicted molar refractivity (Wildman–Crippen MR) is 125 cm³/mol. The lowest BCUT2D eigenvalue weighted by Crippen LogP contribution is -2.45. The predicted octanol–water partition coefficient (Wildman–Crippen LogP) is 3.97. The standard InChI is InChI=1S/C25H38N4O/c1-7-8-12-22(24(4)21-13-14-23(29-26)25(21,24)5)28-20(16-27-17(2)3)18-10-9-11-19(15-18)30-6/h7-11,13-15,17,20,22,27-29H,12,16,26H2,1-6H3/b8-7-/t20?,22-,24+,25+/m1/s1. The number of rotatable bonds is 11. The number of nitrogens with two attached hydrogens (primary N) is 1. The summed E-state index contributed by atoms with van der Waals surface area (Å²) in [5.74, 6) is 6.74. The number of nitrogens with one attached hydrogen (secondary N) is 3. The molecule has 0 spiro atoms. The Bertz CT molecular complexity index is 843. The van der Waals surface area contributed by atoms with Crippen molar-refractivity contribution < 1.29 is 4.74 Å². The first-order valence-electron chi connectivity index (χ1n) is 11.0. The topological polar surface area (TPSA) is 71.3 Å². The van der Waals surface area contributed by atoms with Crippen molar-refractivity contribution in [2.24, 2.45) is 16.7 Å². The van der Waals surface area contributed by atoms with Crippen molar-refractivity contribution in [3.63, 3.8) is 0 Å². The molecule has 1 unspecified atom stereocenters. The Morgan fingerprint density at radius 1 is 1.20 bits per heavy atom. The Morgan fingerprint density at radius 2 is 1.97 bits per heavy atom. The van der Waals surface area contributed by atoms with Gasteiger partial charge in [-0.3, -0.25) is 5.84 Å². The number of fused-ring (bicyclic) bond motifs is 1. The van der Waals surface area contributed by atoms with E-state index in [-0.39, 0.29) is 22.9 Å². The molecule has 1 fully saturated rings. The molecule has 0 radical (unpaired) electrons. The van der Waals surface area contributed by atoms with Crippen molar-refractivity contribution in [1.82, 2.24) is 16.1 Å². The molecule has 5 N–H and O–H groups in total. The first kappa shape index (κ1) is 22.6. The van der Waals surface area contributed by atoms with Gasteiger partial charge in [-0.05, 0) is 49.6 Å². The monoisotopic (exact) mass is 410 g/mol. The van der Waals surface area contributed by atoms with Crippen molar-refractivity contribution in [1.29, 1.82) is 0 Å². The molecule has 5 nitrogen and oxygen atoms in total. The van der Waals surface area contributed by atoms with Crippen LogP contribution >= 0.6 is 0 Å². The van der Waals surface area contributed by atoms with Gasteiger partial charge in [0, 0.05) is 41.2 Å². The largest absolute Gasteiger partial charge is 0.497 e. The molecule has 1 aromatic rings. The number of methoxy groups -OCH3 is 1. The zero-order valence-corrected chi connectivity index (χ0v) is 19.3. The quantitative estimate of drug-likeness (QED) is 0.252. The normalized spacial score (nSPS) is 26.9. The van der Waals surface area contributed by atoms with Gasteiger partial charge in [-0.25, -0.2) is 0 Å². The molecule has 2 aliphatic carbocycles. The molecule has 5 heteroatoms. The number of hydrazine groups is 1. The first-order valence-corrected chi connectivity index (χ1v) is 11.0. The smallest absolute Gasteiger partial charge is 0.119 e. The number of hydrogen-bond donors (Lipinski definition) is 4. The molecule has 0 amide bonds. The number of hydrogen-bond acceptors (Lipinski definition) is 5. The highest BCUT2D eigenvalue weighted by Crippen LogP contribution is 2.75. The van der Waals surface area contributed by atoms with Crippen LogP contribution in [0.2, 0.25) is 0 Å². The van der Waals surface area contributed by atoms with Crippen LogP contribution in [0, 0.1) is 10.8 Å². The second-order valence-corrected chi connectivity index (χ2v) is 9.05. The maximum absolute atomic E-state index is 5.85. The van der Waals surface area contributed by atoms with E-state index in [1.54, 1.807) is 7.11 Å². The Hall–Kier alpha value is -2.08. The van der Waals surface area contributed by atoms with Gasteiger partial charge in [-0.15, -0.1) is 0 Å². The second-order valence-electron chi connectivity index (χ2n) is 9.05. The zero-order valence-electron chi connectivity index (χ0n) is 19.3. The molecule has 0 heterocycles. The van der Waals surface area contributed by atoms with E-state index in [0.29, 0.717) is 6.04 Å².